The number of alkyl halides is 1. The van der Waals surface area contributed by atoms with Gasteiger partial charge in [0.05, 0.1) is 0 Å². The normalized spacial score (nSPS) is 7.93. The molecule has 0 rings (SSSR count). The van der Waals surface area contributed by atoms with E-state index in [1.807, 2.05) is 0 Å². The summed E-state index contributed by atoms with van der Waals surface area (Å²) in [5.74, 6) is 0.702. The Balaban J connectivity index is -0.0000000268. The summed E-state index contributed by atoms with van der Waals surface area (Å²) in [6.45, 7) is 5.70. The van der Waals surface area contributed by atoms with Gasteiger partial charge in [-0.15, -0.1) is 11.6 Å². The van der Waals surface area contributed by atoms with Crippen molar-refractivity contribution >= 4 is 72.1 Å². The van der Waals surface area contributed by atoms with E-state index in [0.29, 0.717) is 25.2 Å². The molecule has 0 aliphatic rings. The van der Waals surface area contributed by atoms with Gasteiger partial charge in [0, 0.05) is 61.2 Å². The third kappa shape index (κ3) is 79.8. The number of rotatable bonds is 11. The fourth-order valence-electron chi connectivity index (χ4n) is 0.850. The Bertz CT molecular complexity index is 211. The fraction of sp³-hybridized carbons (Fsp3) is 0.929. The van der Waals surface area contributed by atoms with E-state index in [-0.39, 0.29) is 61.4 Å². The van der Waals surface area contributed by atoms with Gasteiger partial charge in [0.15, 0.2) is 0 Å². The van der Waals surface area contributed by atoms with Crippen LogP contribution >= 0.6 is 11.6 Å². The topological polar surface area (TPSA) is 107 Å². The number of ether oxygens (including phenoxy) is 3. The molecule has 0 aromatic rings. The van der Waals surface area contributed by atoms with Crippen molar-refractivity contribution in [2.24, 2.45) is 0 Å². The summed E-state index contributed by atoms with van der Waals surface area (Å²) in [5, 5.41) is 24.8. The zero-order valence-electron chi connectivity index (χ0n) is 20.1. The van der Waals surface area contributed by atoms with Gasteiger partial charge in [-0.05, 0) is 19.2 Å². The Morgan fingerprint density at radius 1 is 0.821 bits per heavy atom. The SMILES string of the molecule is COB(O)OC.COCCCB(O)O.COCCCCl.[CH2-]CCOC.[Cl-].[H-].[H-].[Mg+2].[Mg+2]. The van der Waals surface area contributed by atoms with E-state index in [1.165, 1.54) is 14.2 Å². The predicted octanol–water partition coefficient (Wildman–Crippen LogP) is -2.66. The molecule has 0 amide bonds. The average molecular weight is 476 g/mol. The van der Waals surface area contributed by atoms with Crippen molar-refractivity contribution in [1.29, 1.82) is 0 Å². The van der Waals surface area contributed by atoms with Crippen LogP contribution in [0.5, 0.6) is 0 Å². The third-order valence-corrected chi connectivity index (χ3v) is 2.31. The second-order valence-corrected chi connectivity index (χ2v) is 4.65. The van der Waals surface area contributed by atoms with Crippen LogP contribution in [0.25, 0.3) is 0 Å². The molecule has 14 heteroatoms. The molecule has 0 aromatic carbocycles. The summed E-state index contributed by atoms with van der Waals surface area (Å²) in [5.41, 5.74) is 0. The number of halogens is 2. The van der Waals surface area contributed by atoms with Crippen molar-refractivity contribution in [3.05, 3.63) is 6.92 Å². The standard InChI is InChI=1S/C4H11BO3.C4H9ClO.C4H9O.C2H7BO3.ClH.2Mg.2H/c1-8-4-2-3-5(6)7;1-6-4-2-3-5;1-3-4-5-2;1-5-3(4)6-2;;;;;/h6-7H,2-4H2,1H3;2-4H2,1H3;1,3-4H2,2H3;4H,1-2H3;1H;;;;/q;;-1;;;2*+2;2*-1/p-1. The molecule has 0 fully saturated rings. The molecule has 0 radical (unpaired) electrons. The first kappa shape index (κ1) is 47.6. The zero-order chi connectivity index (χ0) is 20.3. The maximum atomic E-state index is 8.28. The Kier molecular flexibility index (Phi) is 87.6. The smallest absolute Gasteiger partial charge is 1.00 e. The van der Waals surface area contributed by atoms with Crippen LogP contribution in [-0.4, -0.2) is 137 Å². The van der Waals surface area contributed by atoms with Gasteiger partial charge in [0.25, 0.3) is 0 Å². The summed E-state index contributed by atoms with van der Waals surface area (Å²) in [6.07, 6.45) is 2.93. The predicted molar refractivity (Wildman–Crippen MR) is 116 cm³/mol. The number of hydrogen-bond acceptors (Lipinski definition) is 8. The molecule has 0 atom stereocenters. The quantitative estimate of drug-likeness (QED) is 0.129. The third-order valence-electron chi connectivity index (χ3n) is 2.04. The van der Waals surface area contributed by atoms with Crippen molar-refractivity contribution in [2.75, 3.05) is 61.2 Å². The second kappa shape index (κ2) is 51.5. The second-order valence-electron chi connectivity index (χ2n) is 4.28. The Hall–Kier alpha value is 1.92. The van der Waals surface area contributed by atoms with E-state index in [9.17, 15) is 0 Å². The molecule has 8 nitrogen and oxygen atoms in total. The molecule has 0 saturated carbocycles. The van der Waals surface area contributed by atoms with Gasteiger partial charge in [-0.25, -0.2) is 0 Å². The molecule has 0 heterocycles. The summed E-state index contributed by atoms with van der Waals surface area (Å²) >= 11 is 5.30. The summed E-state index contributed by atoms with van der Waals surface area (Å²) in [4.78, 5) is 0. The van der Waals surface area contributed by atoms with Crippen LogP contribution in [0.3, 0.4) is 0 Å². The molecule has 0 aliphatic heterocycles. The molecule has 0 aromatic heterocycles. The van der Waals surface area contributed by atoms with Gasteiger partial charge >= 0.3 is 60.5 Å². The minimum absolute atomic E-state index is 0. The van der Waals surface area contributed by atoms with Crippen LogP contribution in [0, 0.1) is 6.92 Å². The van der Waals surface area contributed by atoms with Crippen LogP contribution in [0.15, 0.2) is 0 Å². The van der Waals surface area contributed by atoms with Gasteiger partial charge in [0.2, 0.25) is 0 Å². The molecule has 0 bridgehead atoms. The van der Waals surface area contributed by atoms with E-state index in [4.69, 9.17) is 31.4 Å². The largest absolute Gasteiger partial charge is 2.00 e. The molecule has 0 saturated heterocycles. The Morgan fingerprint density at radius 3 is 1.36 bits per heavy atom. The van der Waals surface area contributed by atoms with E-state index < -0.39 is 14.4 Å². The van der Waals surface area contributed by atoms with E-state index in [1.54, 1.807) is 21.3 Å². The zero-order valence-corrected chi connectivity index (χ0v) is 22.4. The molecule has 3 N–H and O–H groups in total. The monoisotopic (exact) mass is 474 g/mol. The van der Waals surface area contributed by atoms with Crippen molar-refractivity contribution in [2.45, 2.75) is 25.6 Å². The molecular weight excluding hydrogens is 437 g/mol. The average Bonchev–Trinajstić information content (AvgIpc) is 2.61. The van der Waals surface area contributed by atoms with Crippen LogP contribution in [0.2, 0.25) is 6.32 Å². The maximum absolute atomic E-state index is 8.28. The summed E-state index contributed by atoms with van der Waals surface area (Å²) in [7, 11) is 5.40. The van der Waals surface area contributed by atoms with E-state index >= 15 is 0 Å². The van der Waals surface area contributed by atoms with E-state index in [0.717, 1.165) is 26.1 Å². The van der Waals surface area contributed by atoms with Crippen LogP contribution in [0.4, 0.5) is 0 Å². The van der Waals surface area contributed by atoms with Gasteiger partial charge in [-0.3, -0.25) is 0 Å². The van der Waals surface area contributed by atoms with Crippen molar-refractivity contribution < 1.29 is 53.9 Å². The number of methoxy groups -OCH3 is 3. The summed E-state index contributed by atoms with van der Waals surface area (Å²) < 4.78 is 22.5. The first-order chi connectivity index (χ1) is 11.9. The Morgan fingerprint density at radius 2 is 1.21 bits per heavy atom. The minimum Gasteiger partial charge on any atom is -1.00 e. The van der Waals surface area contributed by atoms with Crippen LogP contribution in [-0.2, 0) is 23.5 Å². The molecule has 0 unspecified atom stereocenters. The van der Waals surface area contributed by atoms with Crippen LogP contribution < -0.4 is 12.4 Å². The van der Waals surface area contributed by atoms with Gasteiger partial charge in [-0.1, -0.05) is 0 Å². The first-order valence-electron chi connectivity index (χ1n) is 7.83. The Labute approximate surface area is 218 Å². The molecule has 166 valence electrons. The number of hydrogen-bond donors (Lipinski definition) is 3. The van der Waals surface area contributed by atoms with Gasteiger partial charge in [-0.2, -0.15) is 6.42 Å². The fourth-order valence-corrected chi connectivity index (χ4v) is 0.959. The molecular formula is C14H38B2Cl2Mg2O8. The van der Waals surface area contributed by atoms with Crippen molar-refractivity contribution in [3.63, 3.8) is 0 Å². The van der Waals surface area contributed by atoms with Gasteiger partial charge in [0.1, 0.15) is 0 Å². The summed E-state index contributed by atoms with van der Waals surface area (Å²) in [6, 6.07) is 0. The van der Waals surface area contributed by atoms with Crippen molar-refractivity contribution in [1.82, 2.24) is 0 Å². The van der Waals surface area contributed by atoms with E-state index in [2.05, 4.69) is 25.7 Å². The first-order valence-corrected chi connectivity index (χ1v) is 8.36. The van der Waals surface area contributed by atoms with Crippen molar-refractivity contribution in [3.8, 4) is 0 Å². The molecule has 0 aliphatic carbocycles. The molecule has 0 spiro atoms. The minimum atomic E-state index is -1.18. The maximum Gasteiger partial charge on any atom is 2.00 e. The molecule has 28 heavy (non-hydrogen) atoms. The van der Waals surface area contributed by atoms with Gasteiger partial charge < -0.3 is 60.8 Å². The van der Waals surface area contributed by atoms with Crippen LogP contribution in [0.1, 0.15) is 22.1 Å².